The largest absolute Gasteiger partial charge is 0.497 e. The van der Waals surface area contributed by atoms with Crippen LogP contribution in [0.1, 0.15) is 15.9 Å². The van der Waals surface area contributed by atoms with Crippen molar-refractivity contribution in [1.82, 2.24) is 0 Å². The van der Waals surface area contributed by atoms with Crippen molar-refractivity contribution in [2.45, 2.75) is 0 Å². The topological polar surface area (TPSA) is 65.1 Å². The second-order valence-electron chi connectivity index (χ2n) is 7.68. The third-order valence-corrected chi connectivity index (χ3v) is 5.41. The fourth-order valence-corrected chi connectivity index (χ4v) is 3.63. The molecule has 0 atom stereocenters. The molecule has 6 heteroatoms. The number of rotatable bonds is 8. The first-order valence-electron chi connectivity index (χ1n) is 11.3. The Bertz CT molecular complexity index is 1330. The molecule has 4 aromatic carbocycles. The number of ether oxygens (including phenoxy) is 3. The summed E-state index contributed by atoms with van der Waals surface area (Å²) in [5, 5.41) is 0. The van der Waals surface area contributed by atoms with Crippen LogP contribution < -0.4 is 19.1 Å². The van der Waals surface area contributed by atoms with E-state index in [-0.39, 0.29) is 5.78 Å². The van der Waals surface area contributed by atoms with Gasteiger partial charge in [0.05, 0.1) is 31.2 Å². The smallest absolute Gasteiger partial charge is 0.424 e. The summed E-state index contributed by atoms with van der Waals surface area (Å²) in [4.78, 5) is 27.8. The predicted molar refractivity (Wildman–Crippen MR) is 140 cm³/mol. The molecule has 0 N–H and O–H groups in total. The van der Waals surface area contributed by atoms with Crippen LogP contribution in [0.5, 0.6) is 17.2 Å². The molecule has 0 fully saturated rings. The van der Waals surface area contributed by atoms with Crippen LogP contribution >= 0.6 is 0 Å². The molecular formula is C30H25NO5. The van der Waals surface area contributed by atoms with E-state index in [1.54, 1.807) is 48.5 Å². The molecular weight excluding hydrogens is 454 g/mol. The van der Waals surface area contributed by atoms with Crippen molar-refractivity contribution in [2.24, 2.45) is 0 Å². The number of ketones is 1. The summed E-state index contributed by atoms with van der Waals surface area (Å²) in [5.41, 5.74) is 2.27. The lowest BCUT2D eigenvalue weighted by atomic mass is 10.1. The molecule has 36 heavy (non-hydrogen) atoms. The molecule has 0 heterocycles. The number of benzene rings is 4. The Morgan fingerprint density at radius 3 is 1.92 bits per heavy atom. The quantitative estimate of drug-likeness (QED) is 0.202. The van der Waals surface area contributed by atoms with E-state index in [1.807, 2.05) is 60.7 Å². The molecule has 6 nitrogen and oxygen atoms in total. The molecule has 0 saturated heterocycles. The number of methoxy groups -OCH3 is 2. The van der Waals surface area contributed by atoms with Crippen molar-refractivity contribution in [3.63, 3.8) is 0 Å². The number of para-hydroxylation sites is 3. The highest BCUT2D eigenvalue weighted by Crippen LogP contribution is 2.29. The zero-order chi connectivity index (χ0) is 25.3. The molecule has 0 aliphatic heterocycles. The maximum Gasteiger partial charge on any atom is 0.424 e. The molecule has 0 unspecified atom stereocenters. The van der Waals surface area contributed by atoms with E-state index in [1.165, 1.54) is 25.2 Å². The standard InChI is InChI=1S/C30H25NO5/c1-34-25-18-20-29(35-2)26(21-25)27(32)19-17-22-11-9-10-16-28(22)36-30(33)31(23-12-5-3-6-13-23)24-14-7-4-8-15-24/h3-21H,1-2H3/b19-17+. The Balaban J connectivity index is 1.61. The summed E-state index contributed by atoms with van der Waals surface area (Å²) in [6.45, 7) is 0. The summed E-state index contributed by atoms with van der Waals surface area (Å²) < 4.78 is 16.4. The summed E-state index contributed by atoms with van der Waals surface area (Å²) >= 11 is 0. The lowest BCUT2D eigenvalue weighted by Crippen LogP contribution is -2.29. The lowest BCUT2D eigenvalue weighted by molar-refractivity contribution is 0.104. The third-order valence-electron chi connectivity index (χ3n) is 5.41. The maximum atomic E-state index is 13.4. The van der Waals surface area contributed by atoms with Gasteiger partial charge in [-0.25, -0.2) is 9.69 Å². The van der Waals surface area contributed by atoms with Crippen molar-refractivity contribution < 1.29 is 23.8 Å². The van der Waals surface area contributed by atoms with Gasteiger partial charge in [0.1, 0.15) is 17.2 Å². The predicted octanol–water partition coefficient (Wildman–Crippen LogP) is 6.94. The molecule has 4 rings (SSSR count). The van der Waals surface area contributed by atoms with E-state index in [2.05, 4.69) is 0 Å². The fourth-order valence-electron chi connectivity index (χ4n) is 3.63. The lowest BCUT2D eigenvalue weighted by Gasteiger charge is -2.22. The molecule has 0 aliphatic carbocycles. The van der Waals surface area contributed by atoms with Crippen LogP contribution in [0.15, 0.2) is 109 Å². The van der Waals surface area contributed by atoms with Crippen LogP contribution in [0.2, 0.25) is 0 Å². The molecule has 0 aliphatic rings. The fraction of sp³-hybridized carbons (Fsp3) is 0.0667. The van der Waals surface area contributed by atoms with E-state index in [0.29, 0.717) is 39.8 Å². The van der Waals surface area contributed by atoms with Gasteiger partial charge in [-0.3, -0.25) is 4.79 Å². The van der Waals surface area contributed by atoms with Gasteiger partial charge in [-0.15, -0.1) is 0 Å². The number of hydrogen-bond acceptors (Lipinski definition) is 5. The van der Waals surface area contributed by atoms with Gasteiger partial charge in [0.2, 0.25) is 0 Å². The van der Waals surface area contributed by atoms with Crippen LogP contribution in [0.4, 0.5) is 16.2 Å². The van der Waals surface area contributed by atoms with Crippen molar-refractivity contribution in [3.8, 4) is 17.2 Å². The van der Waals surface area contributed by atoms with Gasteiger partial charge >= 0.3 is 6.09 Å². The van der Waals surface area contributed by atoms with Crippen LogP contribution in [-0.4, -0.2) is 26.1 Å². The number of allylic oxidation sites excluding steroid dienone is 1. The molecule has 4 aromatic rings. The Hall–Kier alpha value is -4.84. The van der Waals surface area contributed by atoms with Crippen LogP contribution in [0.3, 0.4) is 0 Å². The minimum atomic E-state index is -0.575. The van der Waals surface area contributed by atoms with Crippen molar-refractivity contribution in [2.75, 3.05) is 19.1 Å². The number of hydrogen-bond donors (Lipinski definition) is 0. The normalized spacial score (nSPS) is 10.6. The number of anilines is 2. The van der Waals surface area contributed by atoms with Gasteiger partial charge in [-0.1, -0.05) is 54.6 Å². The van der Waals surface area contributed by atoms with Crippen molar-refractivity contribution in [1.29, 1.82) is 0 Å². The second-order valence-corrected chi connectivity index (χ2v) is 7.68. The monoisotopic (exact) mass is 479 g/mol. The average molecular weight is 480 g/mol. The highest BCUT2D eigenvalue weighted by molar-refractivity contribution is 6.09. The summed E-state index contributed by atoms with van der Waals surface area (Å²) in [6, 6.07) is 30.6. The molecule has 1 amide bonds. The van der Waals surface area contributed by atoms with Crippen molar-refractivity contribution in [3.05, 3.63) is 120 Å². The highest BCUT2D eigenvalue weighted by atomic mass is 16.6. The molecule has 0 spiro atoms. The number of nitrogens with zero attached hydrogens (tertiary/aromatic N) is 1. The molecule has 180 valence electrons. The minimum Gasteiger partial charge on any atom is -0.497 e. The van der Waals surface area contributed by atoms with Gasteiger partial charge in [0.15, 0.2) is 5.78 Å². The van der Waals surface area contributed by atoms with E-state index >= 15 is 0 Å². The van der Waals surface area contributed by atoms with E-state index in [4.69, 9.17) is 14.2 Å². The summed E-state index contributed by atoms with van der Waals surface area (Å²) in [7, 11) is 3.03. The van der Waals surface area contributed by atoms with Gasteiger partial charge in [0, 0.05) is 5.56 Å². The zero-order valence-corrected chi connectivity index (χ0v) is 20.0. The van der Waals surface area contributed by atoms with Gasteiger partial charge < -0.3 is 14.2 Å². The van der Waals surface area contributed by atoms with Crippen LogP contribution in [0.25, 0.3) is 6.08 Å². The first-order valence-corrected chi connectivity index (χ1v) is 11.3. The molecule has 0 bridgehead atoms. The van der Waals surface area contributed by atoms with E-state index < -0.39 is 6.09 Å². The summed E-state index contributed by atoms with van der Waals surface area (Å²) in [6.07, 6.45) is 2.45. The second kappa shape index (κ2) is 11.5. The number of amides is 1. The molecule has 0 aromatic heterocycles. The van der Waals surface area contributed by atoms with Gasteiger partial charge in [-0.2, -0.15) is 0 Å². The third kappa shape index (κ3) is 5.62. The molecule has 0 radical (unpaired) electrons. The van der Waals surface area contributed by atoms with E-state index in [0.717, 1.165) is 0 Å². The first-order chi connectivity index (χ1) is 17.6. The zero-order valence-electron chi connectivity index (χ0n) is 20.0. The SMILES string of the molecule is COc1ccc(OC)c(C(=O)/C=C/c2ccccc2OC(=O)N(c2ccccc2)c2ccccc2)c1. The Morgan fingerprint density at radius 1 is 0.694 bits per heavy atom. The Kier molecular flexibility index (Phi) is 7.78. The highest BCUT2D eigenvalue weighted by Gasteiger charge is 2.21. The van der Waals surface area contributed by atoms with Crippen LogP contribution in [0, 0.1) is 0 Å². The minimum absolute atomic E-state index is 0.276. The molecule has 0 saturated carbocycles. The number of carbonyl (C=O) groups is 2. The average Bonchev–Trinajstić information content (AvgIpc) is 2.93. The van der Waals surface area contributed by atoms with Crippen molar-refractivity contribution >= 4 is 29.3 Å². The summed E-state index contributed by atoms with van der Waals surface area (Å²) in [5.74, 6) is 1.03. The number of carbonyl (C=O) groups excluding carboxylic acids is 2. The van der Waals surface area contributed by atoms with Crippen LogP contribution in [-0.2, 0) is 0 Å². The maximum absolute atomic E-state index is 13.4. The Morgan fingerprint density at radius 2 is 1.31 bits per heavy atom. The van der Waals surface area contributed by atoms with Gasteiger partial charge in [-0.05, 0) is 60.7 Å². The van der Waals surface area contributed by atoms with E-state index in [9.17, 15) is 9.59 Å². The first kappa shape index (κ1) is 24.3. The van der Waals surface area contributed by atoms with Gasteiger partial charge in [0.25, 0.3) is 0 Å². The Labute approximate surface area is 210 Å².